The third-order valence-corrected chi connectivity index (χ3v) is 6.37. The van der Waals surface area contributed by atoms with Crippen LogP contribution in [0.3, 0.4) is 0 Å². The molecule has 29 heavy (non-hydrogen) atoms. The number of hydrogen-bond acceptors (Lipinski definition) is 3. The zero-order chi connectivity index (χ0) is 20.5. The molecule has 4 nitrogen and oxygen atoms in total. The molecule has 2 aromatic carbocycles. The maximum absolute atomic E-state index is 13.9. The van der Waals surface area contributed by atoms with Gasteiger partial charge in [0.2, 0.25) is 0 Å². The van der Waals surface area contributed by atoms with Crippen molar-refractivity contribution in [2.24, 2.45) is 11.8 Å². The molecular weight excluding hydrogens is 387 g/mol. The smallest absolute Gasteiger partial charge is 0.262 e. The van der Waals surface area contributed by atoms with E-state index in [0.29, 0.717) is 33.6 Å². The Kier molecular flexibility index (Phi) is 5.46. The van der Waals surface area contributed by atoms with Crippen LogP contribution < -0.4 is 5.32 Å². The van der Waals surface area contributed by atoms with Crippen molar-refractivity contribution >= 4 is 35.3 Å². The summed E-state index contributed by atoms with van der Waals surface area (Å²) >= 11 is 1.28. The first-order valence-electron chi connectivity index (χ1n) is 9.79. The highest BCUT2D eigenvalue weighted by molar-refractivity contribution is 8.04. The van der Waals surface area contributed by atoms with E-state index >= 15 is 0 Å². The van der Waals surface area contributed by atoms with E-state index in [4.69, 9.17) is 0 Å². The lowest BCUT2D eigenvalue weighted by Crippen LogP contribution is -2.42. The third kappa shape index (κ3) is 4.22. The lowest BCUT2D eigenvalue weighted by molar-refractivity contribution is -0.112. The average molecular weight is 411 g/mol. The molecule has 4 rings (SSSR count). The van der Waals surface area contributed by atoms with Crippen LogP contribution in [0.1, 0.15) is 36.2 Å². The largest absolute Gasteiger partial charge is 0.338 e. The number of thioether (sulfide) groups is 1. The van der Waals surface area contributed by atoms with Crippen molar-refractivity contribution in [1.82, 2.24) is 4.90 Å². The SMILES string of the molecule is CC1CC(C)CN(C(=O)c2ccc3c(c2)NC(=O)C(=Cc2ccccc2F)S3)C1. The van der Waals surface area contributed by atoms with Crippen LogP contribution in [0.15, 0.2) is 52.3 Å². The van der Waals surface area contributed by atoms with Crippen LogP contribution in [0.25, 0.3) is 6.08 Å². The van der Waals surface area contributed by atoms with Crippen molar-refractivity contribution < 1.29 is 14.0 Å². The summed E-state index contributed by atoms with van der Waals surface area (Å²) < 4.78 is 13.9. The van der Waals surface area contributed by atoms with Gasteiger partial charge < -0.3 is 10.2 Å². The van der Waals surface area contributed by atoms with Gasteiger partial charge in [-0.25, -0.2) is 4.39 Å². The average Bonchev–Trinajstić information content (AvgIpc) is 2.68. The van der Waals surface area contributed by atoms with E-state index in [1.165, 1.54) is 17.8 Å². The zero-order valence-corrected chi connectivity index (χ0v) is 17.3. The van der Waals surface area contributed by atoms with Crippen LogP contribution in [-0.4, -0.2) is 29.8 Å². The number of nitrogens with one attached hydrogen (secondary N) is 1. The molecule has 2 unspecified atom stereocenters. The van der Waals surface area contributed by atoms with Crippen LogP contribution in [0, 0.1) is 17.7 Å². The van der Waals surface area contributed by atoms with Crippen LogP contribution in [-0.2, 0) is 4.79 Å². The van der Waals surface area contributed by atoms with Crippen molar-refractivity contribution in [3.8, 4) is 0 Å². The topological polar surface area (TPSA) is 49.4 Å². The van der Waals surface area contributed by atoms with Crippen molar-refractivity contribution in [2.75, 3.05) is 18.4 Å². The van der Waals surface area contributed by atoms with Crippen LogP contribution in [0.4, 0.5) is 10.1 Å². The molecule has 2 heterocycles. The summed E-state index contributed by atoms with van der Waals surface area (Å²) in [6, 6.07) is 11.7. The molecule has 2 aromatic rings. The summed E-state index contributed by atoms with van der Waals surface area (Å²) in [5.41, 5.74) is 1.57. The molecule has 2 atom stereocenters. The number of benzene rings is 2. The van der Waals surface area contributed by atoms with Gasteiger partial charge >= 0.3 is 0 Å². The van der Waals surface area contributed by atoms with E-state index in [9.17, 15) is 14.0 Å². The Morgan fingerprint density at radius 1 is 1.17 bits per heavy atom. The van der Waals surface area contributed by atoms with Gasteiger partial charge in [-0.3, -0.25) is 9.59 Å². The minimum absolute atomic E-state index is 0.00172. The second kappa shape index (κ2) is 8.03. The first-order valence-corrected chi connectivity index (χ1v) is 10.6. The van der Waals surface area contributed by atoms with E-state index in [-0.39, 0.29) is 17.6 Å². The standard InChI is InChI=1S/C23H23FN2O2S/c1-14-9-15(2)13-26(12-14)23(28)17-7-8-20-19(10-17)25-22(27)21(29-20)11-16-5-3-4-6-18(16)24/h3-8,10-11,14-15H,9,12-13H2,1-2H3,(H,25,27). The number of halogens is 1. The molecule has 0 aromatic heterocycles. The Morgan fingerprint density at radius 3 is 2.62 bits per heavy atom. The Morgan fingerprint density at radius 2 is 1.90 bits per heavy atom. The number of piperidine rings is 1. The molecule has 2 amide bonds. The molecular formula is C23H23FN2O2S. The first-order chi connectivity index (χ1) is 13.9. The van der Waals surface area contributed by atoms with Gasteiger partial charge in [0, 0.05) is 29.1 Å². The van der Waals surface area contributed by atoms with Gasteiger partial charge in [0.25, 0.3) is 11.8 Å². The fraction of sp³-hybridized carbons (Fsp3) is 0.304. The minimum Gasteiger partial charge on any atom is -0.338 e. The molecule has 0 saturated carbocycles. The monoisotopic (exact) mass is 410 g/mol. The number of carbonyl (C=O) groups excluding carboxylic acids is 2. The van der Waals surface area contributed by atoms with Crippen LogP contribution >= 0.6 is 11.8 Å². The Labute approximate surface area is 174 Å². The molecule has 0 radical (unpaired) electrons. The van der Waals surface area contributed by atoms with Gasteiger partial charge in [-0.15, -0.1) is 0 Å². The maximum Gasteiger partial charge on any atom is 0.262 e. The van der Waals surface area contributed by atoms with Gasteiger partial charge in [-0.05, 0) is 48.6 Å². The highest BCUT2D eigenvalue weighted by Crippen LogP contribution is 2.39. The Hall–Kier alpha value is -2.60. The van der Waals surface area contributed by atoms with Gasteiger partial charge in [-0.2, -0.15) is 0 Å². The fourth-order valence-corrected chi connectivity index (χ4v) is 4.96. The molecule has 6 heteroatoms. The predicted octanol–water partition coefficient (Wildman–Crippen LogP) is 5.03. The van der Waals surface area contributed by atoms with Crippen LogP contribution in [0.5, 0.6) is 0 Å². The number of amides is 2. The number of fused-ring (bicyclic) bond motifs is 1. The molecule has 2 aliphatic heterocycles. The number of nitrogens with zero attached hydrogens (tertiary/aromatic N) is 1. The van der Waals surface area contributed by atoms with E-state index in [1.54, 1.807) is 36.4 Å². The summed E-state index contributed by atoms with van der Waals surface area (Å²) in [6.45, 7) is 5.86. The summed E-state index contributed by atoms with van der Waals surface area (Å²) in [6.07, 6.45) is 2.69. The summed E-state index contributed by atoms with van der Waals surface area (Å²) in [4.78, 5) is 28.6. The number of anilines is 1. The Balaban J connectivity index is 1.57. The third-order valence-electron chi connectivity index (χ3n) is 5.27. The molecule has 0 bridgehead atoms. The molecule has 1 N–H and O–H groups in total. The highest BCUT2D eigenvalue weighted by atomic mass is 32.2. The second-order valence-corrected chi connectivity index (χ2v) is 9.04. The predicted molar refractivity (Wildman–Crippen MR) is 114 cm³/mol. The van der Waals surface area contributed by atoms with E-state index < -0.39 is 0 Å². The molecule has 0 spiro atoms. The van der Waals surface area contributed by atoms with Gasteiger partial charge in [0.15, 0.2) is 0 Å². The highest BCUT2D eigenvalue weighted by Gasteiger charge is 2.28. The van der Waals surface area contributed by atoms with E-state index in [0.717, 1.165) is 24.4 Å². The second-order valence-electron chi connectivity index (χ2n) is 7.95. The maximum atomic E-state index is 13.9. The lowest BCUT2D eigenvalue weighted by atomic mass is 9.91. The molecule has 0 aliphatic carbocycles. The summed E-state index contributed by atoms with van der Waals surface area (Å²) in [5.74, 6) is 0.308. The summed E-state index contributed by atoms with van der Waals surface area (Å²) in [7, 11) is 0. The quantitative estimate of drug-likeness (QED) is 0.707. The van der Waals surface area contributed by atoms with Gasteiger partial charge in [-0.1, -0.05) is 43.8 Å². The van der Waals surface area contributed by atoms with Crippen molar-refractivity contribution in [2.45, 2.75) is 25.2 Å². The number of rotatable bonds is 2. The van der Waals surface area contributed by atoms with Crippen molar-refractivity contribution in [3.63, 3.8) is 0 Å². The molecule has 1 fully saturated rings. The van der Waals surface area contributed by atoms with Crippen LogP contribution in [0.2, 0.25) is 0 Å². The molecule has 2 aliphatic rings. The van der Waals surface area contributed by atoms with Gasteiger partial charge in [0.05, 0.1) is 10.6 Å². The zero-order valence-electron chi connectivity index (χ0n) is 16.4. The first kappa shape index (κ1) is 19.7. The lowest BCUT2D eigenvalue weighted by Gasteiger charge is -2.35. The summed E-state index contributed by atoms with van der Waals surface area (Å²) in [5, 5.41) is 2.84. The normalized spacial score (nSPS) is 22.9. The molecule has 1 saturated heterocycles. The van der Waals surface area contributed by atoms with E-state index in [2.05, 4.69) is 19.2 Å². The number of hydrogen-bond donors (Lipinski definition) is 1. The number of likely N-dealkylation sites (tertiary alicyclic amines) is 1. The van der Waals surface area contributed by atoms with Crippen molar-refractivity contribution in [1.29, 1.82) is 0 Å². The minimum atomic E-state index is -0.370. The van der Waals surface area contributed by atoms with Crippen molar-refractivity contribution in [3.05, 3.63) is 64.3 Å². The fourth-order valence-electron chi connectivity index (χ4n) is 4.04. The molecule has 150 valence electrons. The Bertz CT molecular complexity index is 994. The number of carbonyl (C=O) groups is 2. The van der Waals surface area contributed by atoms with E-state index in [1.807, 2.05) is 11.0 Å². The van der Waals surface area contributed by atoms with Gasteiger partial charge in [0.1, 0.15) is 5.82 Å².